The van der Waals surface area contributed by atoms with Crippen LogP contribution in [0, 0.1) is 0 Å². The van der Waals surface area contributed by atoms with E-state index >= 15 is 0 Å². The van der Waals surface area contributed by atoms with Crippen molar-refractivity contribution in [1.29, 1.82) is 0 Å². The highest BCUT2D eigenvalue weighted by Gasteiger charge is 2.17. The molecule has 0 radical (unpaired) electrons. The highest BCUT2D eigenvalue weighted by Crippen LogP contribution is 2.18. The number of carbonyl (C=O) groups is 1. The predicted molar refractivity (Wildman–Crippen MR) is 57.8 cm³/mol. The Kier molecular flexibility index (Phi) is 2.87. The van der Waals surface area contributed by atoms with Crippen LogP contribution >= 0.6 is 0 Å². The van der Waals surface area contributed by atoms with Gasteiger partial charge >= 0.3 is 0 Å². The monoisotopic (exact) mass is 206 g/mol. The molecule has 2 rings (SSSR count). The van der Waals surface area contributed by atoms with E-state index in [9.17, 15) is 4.79 Å². The van der Waals surface area contributed by atoms with Crippen LogP contribution in [-0.2, 0) is 4.74 Å². The number of nitrogens with two attached hydrogens (primary N) is 1. The number of nitrogens with one attached hydrogen (secondary N) is 1. The minimum atomic E-state index is -0.406. The number of carbonyl (C=O) groups excluding carboxylic acids is 1. The molecule has 0 bridgehead atoms. The molecule has 1 unspecified atom stereocenters. The van der Waals surface area contributed by atoms with E-state index in [1.165, 1.54) is 0 Å². The van der Waals surface area contributed by atoms with E-state index < -0.39 is 5.91 Å². The number of ether oxygens (including phenoxy) is 1. The Labute approximate surface area is 88.4 Å². The van der Waals surface area contributed by atoms with Crippen molar-refractivity contribution in [2.24, 2.45) is 5.73 Å². The topological polar surface area (TPSA) is 64.4 Å². The van der Waals surface area contributed by atoms with Crippen molar-refractivity contribution in [3.8, 4) is 0 Å². The van der Waals surface area contributed by atoms with Crippen molar-refractivity contribution in [1.82, 2.24) is 0 Å². The average Bonchev–Trinajstić information content (AvgIpc) is 2.71. The molecule has 0 aliphatic carbocycles. The summed E-state index contributed by atoms with van der Waals surface area (Å²) in [6.07, 6.45) is 0.965. The lowest BCUT2D eigenvalue weighted by molar-refractivity contribution is 0.100. The summed E-state index contributed by atoms with van der Waals surface area (Å²) in [6, 6.07) is 7.55. The largest absolute Gasteiger partial charge is 0.379 e. The number of para-hydroxylation sites is 1. The zero-order valence-corrected chi connectivity index (χ0v) is 8.40. The van der Waals surface area contributed by atoms with Crippen LogP contribution in [0.25, 0.3) is 0 Å². The minimum absolute atomic E-state index is 0.283. The molecule has 1 atom stereocenters. The normalized spacial score (nSPS) is 20.1. The molecule has 80 valence electrons. The molecule has 1 fully saturated rings. The van der Waals surface area contributed by atoms with Crippen molar-refractivity contribution in [2.45, 2.75) is 12.5 Å². The first-order chi connectivity index (χ1) is 7.27. The molecular formula is C11H14N2O2. The standard InChI is InChI=1S/C11H14N2O2/c12-11(14)9-3-1-2-4-10(9)13-8-5-6-15-7-8/h1-4,8,13H,5-7H2,(H2,12,14). The first-order valence-electron chi connectivity index (χ1n) is 5.00. The third-order valence-electron chi connectivity index (χ3n) is 2.48. The fraction of sp³-hybridized carbons (Fsp3) is 0.364. The van der Waals surface area contributed by atoms with Crippen LogP contribution < -0.4 is 11.1 Å². The smallest absolute Gasteiger partial charge is 0.250 e. The first-order valence-corrected chi connectivity index (χ1v) is 5.00. The Morgan fingerprint density at radius 1 is 1.47 bits per heavy atom. The van der Waals surface area contributed by atoms with Gasteiger partial charge in [-0.1, -0.05) is 12.1 Å². The van der Waals surface area contributed by atoms with Crippen LogP contribution in [0.15, 0.2) is 24.3 Å². The number of anilines is 1. The summed E-state index contributed by atoms with van der Waals surface area (Å²) in [7, 11) is 0. The van der Waals surface area contributed by atoms with Gasteiger partial charge in [-0.25, -0.2) is 0 Å². The molecule has 1 heterocycles. The quantitative estimate of drug-likeness (QED) is 0.775. The Morgan fingerprint density at radius 3 is 2.93 bits per heavy atom. The molecule has 4 heteroatoms. The van der Waals surface area contributed by atoms with Crippen LogP contribution in [0.4, 0.5) is 5.69 Å². The number of primary amides is 1. The lowest BCUT2D eigenvalue weighted by Gasteiger charge is -2.14. The SMILES string of the molecule is NC(=O)c1ccccc1NC1CCOC1. The second-order valence-electron chi connectivity index (χ2n) is 3.61. The maximum Gasteiger partial charge on any atom is 0.250 e. The maximum absolute atomic E-state index is 11.1. The zero-order chi connectivity index (χ0) is 10.7. The number of benzene rings is 1. The third kappa shape index (κ3) is 2.27. The number of amides is 1. The van der Waals surface area contributed by atoms with Crippen LogP contribution in [0.2, 0.25) is 0 Å². The maximum atomic E-state index is 11.1. The molecule has 1 aliphatic rings. The lowest BCUT2D eigenvalue weighted by Crippen LogP contribution is -2.22. The van der Waals surface area contributed by atoms with Crippen LogP contribution in [0.3, 0.4) is 0 Å². The Balaban J connectivity index is 2.15. The van der Waals surface area contributed by atoms with Gasteiger partial charge in [0.15, 0.2) is 0 Å². The zero-order valence-electron chi connectivity index (χ0n) is 8.40. The van der Waals surface area contributed by atoms with Gasteiger partial charge in [0, 0.05) is 12.3 Å². The van der Waals surface area contributed by atoms with Gasteiger partial charge in [-0.2, -0.15) is 0 Å². The molecule has 1 aliphatic heterocycles. The molecular weight excluding hydrogens is 192 g/mol. The highest BCUT2D eigenvalue weighted by atomic mass is 16.5. The summed E-state index contributed by atoms with van der Waals surface area (Å²) in [5.74, 6) is -0.406. The van der Waals surface area contributed by atoms with Gasteiger partial charge < -0.3 is 15.8 Å². The van der Waals surface area contributed by atoms with Gasteiger partial charge in [-0.15, -0.1) is 0 Å². The summed E-state index contributed by atoms with van der Waals surface area (Å²) in [5.41, 5.74) is 6.60. The van der Waals surface area contributed by atoms with E-state index in [1.54, 1.807) is 12.1 Å². The summed E-state index contributed by atoms with van der Waals surface area (Å²) >= 11 is 0. The van der Waals surface area contributed by atoms with Crippen LogP contribution in [0.5, 0.6) is 0 Å². The molecule has 0 aromatic heterocycles. The van der Waals surface area contributed by atoms with E-state index in [0.29, 0.717) is 12.2 Å². The van der Waals surface area contributed by atoms with E-state index in [2.05, 4.69) is 5.32 Å². The van der Waals surface area contributed by atoms with Gasteiger partial charge in [-0.3, -0.25) is 4.79 Å². The van der Waals surface area contributed by atoms with Gasteiger partial charge in [0.2, 0.25) is 0 Å². The molecule has 1 aromatic carbocycles. The summed E-state index contributed by atoms with van der Waals surface area (Å²) in [4.78, 5) is 11.1. The lowest BCUT2D eigenvalue weighted by atomic mass is 10.1. The molecule has 15 heavy (non-hydrogen) atoms. The van der Waals surface area contributed by atoms with Crippen molar-refractivity contribution in [2.75, 3.05) is 18.5 Å². The van der Waals surface area contributed by atoms with E-state index in [4.69, 9.17) is 10.5 Å². The molecule has 0 saturated carbocycles. The Bertz CT molecular complexity index is 359. The number of rotatable bonds is 3. The fourth-order valence-corrected chi connectivity index (χ4v) is 1.69. The summed E-state index contributed by atoms with van der Waals surface area (Å²) < 4.78 is 5.25. The van der Waals surface area contributed by atoms with Gasteiger partial charge in [0.1, 0.15) is 0 Å². The molecule has 1 amide bonds. The van der Waals surface area contributed by atoms with Gasteiger partial charge in [0.05, 0.1) is 18.2 Å². The Morgan fingerprint density at radius 2 is 2.27 bits per heavy atom. The molecule has 1 aromatic rings. The molecule has 4 nitrogen and oxygen atoms in total. The second kappa shape index (κ2) is 4.31. The van der Waals surface area contributed by atoms with E-state index in [-0.39, 0.29) is 6.04 Å². The number of hydrogen-bond acceptors (Lipinski definition) is 3. The molecule has 3 N–H and O–H groups in total. The highest BCUT2D eigenvalue weighted by molar-refractivity contribution is 5.98. The van der Waals surface area contributed by atoms with Crippen molar-refractivity contribution in [3.05, 3.63) is 29.8 Å². The van der Waals surface area contributed by atoms with Crippen LogP contribution in [-0.4, -0.2) is 25.2 Å². The Hall–Kier alpha value is -1.55. The van der Waals surface area contributed by atoms with Crippen molar-refractivity contribution >= 4 is 11.6 Å². The average molecular weight is 206 g/mol. The second-order valence-corrected chi connectivity index (χ2v) is 3.61. The third-order valence-corrected chi connectivity index (χ3v) is 2.48. The van der Waals surface area contributed by atoms with Gasteiger partial charge in [-0.05, 0) is 18.6 Å². The summed E-state index contributed by atoms with van der Waals surface area (Å²) in [6.45, 7) is 1.46. The van der Waals surface area contributed by atoms with E-state index in [1.807, 2.05) is 12.1 Å². The van der Waals surface area contributed by atoms with Gasteiger partial charge in [0.25, 0.3) is 5.91 Å². The summed E-state index contributed by atoms with van der Waals surface area (Å²) in [5, 5.41) is 3.26. The minimum Gasteiger partial charge on any atom is -0.379 e. The molecule has 1 saturated heterocycles. The van der Waals surface area contributed by atoms with E-state index in [0.717, 1.165) is 18.7 Å². The fourth-order valence-electron chi connectivity index (χ4n) is 1.69. The number of hydrogen-bond donors (Lipinski definition) is 2. The molecule has 0 spiro atoms. The van der Waals surface area contributed by atoms with Crippen LogP contribution in [0.1, 0.15) is 16.8 Å². The first kappa shape index (κ1) is 9.98. The van der Waals surface area contributed by atoms with Crippen molar-refractivity contribution in [3.63, 3.8) is 0 Å². The van der Waals surface area contributed by atoms with Crippen molar-refractivity contribution < 1.29 is 9.53 Å². The predicted octanol–water partition coefficient (Wildman–Crippen LogP) is 0.986.